The zero-order valence-corrected chi connectivity index (χ0v) is 10.7. The van der Waals surface area contributed by atoms with E-state index in [1.807, 2.05) is 0 Å². The van der Waals surface area contributed by atoms with Gasteiger partial charge >= 0.3 is 0 Å². The van der Waals surface area contributed by atoms with Crippen LogP contribution in [0.15, 0.2) is 47.3 Å². The number of hydrogen-bond donors (Lipinski definition) is 1. The Morgan fingerprint density at radius 1 is 1.20 bits per heavy atom. The third-order valence-corrected chi connectivity index (χ3v) is 3.09. The molecule has 1 aromatic heterocycles. The zero-order chi connectivity index (χ0) is 14.3. The van der Waals surface area contributed by atoms with Crippen LogP contribution >= 0.6 is 0 Å². The molecule has 0 saturated carbocycles. The highest BCUT2D eigenvalue weighted by atomic mass is 19.1. The van der Waals surface area contributed by atoms with Crippen molar-refractivity contribution in [2.45, 2.75) is 6.92 Å². The molecule has 0 amide bonds. The summed E-state index contributed by atoms with van der Waals surface area (Å²) in [6.07, 6.45) is 0. The molecule has 3 aromatic rings. The van der Waals surface area contributed by atoms with Gasteiger partial charge in [-0.3, -0.25) is 9.36 Å². The van der Waals surface area contributed by atoms with E-state index in [4.69, 9.17) is 0 Å². The number of nitrogens with zero attached hydrogens (tertiary/aromatic N) is 2. The maximum Gasteiger partial charge on any atom is 0.266 e. The maximum absolute atomic E-state index is 13.3. The molecule has 0 aliphatic carbocycles. The summed E-state index contributed by atoms with van der Waals surface area (Å²) in [7, 11) is 0. The molecule has 0 aliphatic rings. The quantitative estimate of drug-likeness (QED) is 0.739. The van der Waals surface area contributed by atoms with Gasteiger partial charge in [0.25, 0.3) is 5.56 Å². The van der Waals surface area contributed by atoms with Crippen molar-refractivity contribution in [1.82, 2.24) is 9.55 Å². The molecule has 0 bridgehead atoms. The van der Waals surface area contributed by atoms with Crippen LogP contribution in [-0.4, -0.2) is 14.7 Å². The topological polar surface area (TPSA) is 55.1 Å². The molecule has 4 nitrogen and oxygen atoms in total. The molecule has 0 saturated heterocycles. The number of aryl methyl sites for hydroxylation is 1. The first-order valence-electron chi connectivity index (χ1n) is 6.04. The van der Waals surface area contributed by atoms with Crippen molar-refractivity contribution >= 4 is 10.9 Å². The van der Waals surface area contributed by atoms with Gasteiger partial charge in [-0.15, -0.1) is 0 Å². The van der Waals surface area contributed by atoms with Crippen molar-refractivity contribution in [3.05, 3.63) is 64.5 Å². The molecular formula is C15H11FN2O2. The Bertz CT molecular complexity index is 871. The first-order chi connectivity index (χ1) is 9.56. The summed E-state index contributed by atoms with van der Waals surface area (Å²) < 4.78 is 14.6. The number of phenolic OH excluding ortho intramolecular Hbond substituents is 1. The molecule has 0 fully saturated rings. The SMILES string of the molecule is Cc1nc2ccc(F)cc2c(=O)n1-c1cccc(O)c1. The molecule has 0 aliphatic heterocycles. The van der Waals surface area contributed by atoms with Crippen molar-refractivity contribution in [2.75, 3.05) is 0 Å². The lowest BCUT2D eigenvalue weighted by Crippen LogP contribution is -2.22. The third-order valence-electron chi connectivity index (χ3n) is 3.09. The summed E-state index contributed by atoms with van der Waals surface area (Å²) in [5, 5.41) is 9.73. The minimum absolute atomic E-state index is 0.0492. The fraction of sp³-hybridized carbons (Fsp3) is 0.0667. The van der Waals surface area contributed by atoms with E-state index in [9.17, 15) is 14.3 Å². The molecule has 0 atom stereocenters. The summed E-state index contributed by atoms with van der Waals surface area (Å²) in [6, 6.07) is 10.2. The molecule has 3 rings (SSSR count). The average molecular weight is 270 g/mol. The number of fused-ring (bicyclic) bond motifs is 1. The second-order valence-electron chi connectivity index (χ2n) is 4.48. The van der Waals surface area contributed by atoms with E-state index in [2.05, 4.69) is 4.98 Å². The van der Waals surface area contributed by atoms with Gasteiger partial charge in [-0.05, 0) is 37.3 Å². The molecule has 0 spiro atoms. The van der Waals surface area contributed by atoms with Crippen LogP contribution in [0.25, 0.3) is 16.6 Å². The second kappa shape index (κ2) is 4.45. The van der Waals surface area contributed by atoms with Crippen LogP contribution in [0.5, 0.6) is 5.75 Å². The van der Waals surface area contributed by atoms with E-state index in [0.29, 0.717) is 17.0 Å². The van der Waals surface area contributed by atoms with Crippen LogP contribution in [0.3, 0.4) is 0 Å². The number of aromatic hydroxyl groups is 1. The lowest BCUT2D eigenvalue weighted by Gasteiger charge is -2.11. The van der Waals surface area contributed by atoms with Gasteiger partial charge in [0.15, 0.2) is 0 Å². The Kier molecular flexibility index (Phi) is 2.75. The van der Waals surface area contributed by atoms with Crippen LogP contribution in [0, 0.1) is 12.7 Å². The number of benzene rings is 2. The molecule has 2 aromatic carbocycles. The highest BCUT2D eigenvalue weighted by Crippen LogP contribution is 2.17. The summed E-state index contributed by atoms with van der Waals surface area (Å²) in [6.45, 7) is 1.69. The summed E-state index contributed by atoms with van der Waals surface area (Å²) in [5.74, 6) is 0.0376. The number of rotatable bonds is 1. The van der Waals surface area contributed by atoms with Gasteiger partial charge in [0.1, 0.15) is 17.4 Å². The van der Waals surface area contributed by atoms with Crippen LogP contribution in [0.4, 0.5) is 4.39 Å². The first-order valence-corrected chi connectivity index (χ1v) is 6.04. The van der Waals surface area contributed by atoms with Gasteiger partial charge in [-0.2, -0.15) is 0 Å². The van der Waals surface area contributed by atoms with Crippen LogP contribution in [0.2, 0.25) is 0 Å². The second-order valence-corrected chi connectivity index (χ2v) is 4.48. The van der Waals surface area contributed by atoms with Crippen molar-refractivity contribution in [3.63, 3.8) is 0 Å². The average Bonchev–Trinajstić information content (AvgIpc) is 2.40. The Hall–Kier alpha value is -2.69. The molecule has 20 heavy (non-hydrogen) atoms. The number of aromatic nitrogens is 2. The summed E-state index contributed by atoms with van der Waals surface area (Å²) in [4.78, 5) is 16.8. The summed E-state index contributed by atoms with van der Waals surface area (Å²) >= 11 is 0. The highest BCUT2D eigenvalue weighted by molar-refractivity contribution is 5.78. The smallest absolute Gasteiger partial charge is 0.266 e. The predicted octanol–water partition coefficient (Wildman–Crippen LogP) is 2.54. The van der Waals surface area contributed by atoms with E-state index in [0.717, 1.165) is 0 Å². The van der Waals surface area contributed by atoms with Crippen molar-refractivity contribution in [2.24, 2.45) is 0 Å². The Labute approximate surface area is 113 Å². The predicted molar refractivity (Wildman–Crippen MR) is 73.7 cm³/mol. The molecule has 100 valence electrons. The Balaban J connectivity index is 2.39. The van der Waals surface area contributed by atoms with Gasteiger partial charge in [0.2, 0.25) is 0 Å². The van der Waals surface area contributed by atoms with Gasteiger partial charge in [-0.1, -0.05) is 6.07 Å². The normalized spacial score (nSPS) is 10.9. The third kappa shape index (κ3) is 1.93. The Morgan fingerprint density at radius 2 is 2.00 bits per heavy atom. The monoisotopic (exact) mass is 270 g/mol. The van der Waals surface area contributed by atoms with Gasteiger partial charge < -0.3 is 5.11 Å². The van der Waals surface area contributed by atoms with Crippen molar-refractivity contribution < 1.29 is 9.50 Å². The lowest BCUT2D eigenvalue weighted by atomic mass is 10.2. The first kappa shape index (κ1) is 12.3. The fourth-order valence-corrected chi connectivity index (χ4v) is 2.20. The Morgan fingerprint density at radius 3 is 2.75 bits per heavy atom. The minimum Gasteiger partial charge on any atom is -0.508 e. The van der Waals surface area contributed by atoms with Crippen molar-refractivity contribution in [3.8, 4) is 11.4 Å². The van der Waals surface area contributed by atoms with E-state index in [1.165, 1.54) is 34.9 Å². The molecule has 1 heterocycles. The van der Waals surface area contributed by atoms with Crippen LogP contribution in [-0.2, 0) is 0 Å². The van der Waals surface area contributed by atoms with Gasteiger partial charge in [0.05, 0.1) is 16.6 Å². The van der Waals surface area contributed by atoms with Crippen molar-refractivity contribution in [1.29, 1.82) is 0 Å². The zero-order valence-electron chi connectivity index (χ0n) is 10.7. The molecule has 1 N–H and O–H groups in total. The van der Waals surface area contributed by atoms with E-state index in [-0.39, 0.29) is 16.7 Å². The number of hydrogen-bond acceptors (Lipinski definition) is 3. The largest absolute Gasteiger partial charge is 0.508 e. The lowest BCUT2D eigenvalue weighted by molar-refractivity contribution is 0.475. The minimum atomic E-state index is -0.484. The van der Waals surface area contributed by atoms with Crippen LogP contribution < -0.4 is 5.56 Å². The highest BCUT2D eigenvalue weighted by Gasteiger charge is 2.10. The molecular weight excluding hydrogens is 259 g/mol. The van der Waals surface area contributed by atoms with Gasteiger partial charge in [0, 0.05) is 6.07 Å². The van der Waals surface area contributed by atoms with E-state index >= 15 is 0 Å². The maximum atomic E-state index is 13.3. The summed E-state index contributed by atoms with van der Waals surface area (Å²) in [5.41, 5.74) is 0.578. The number of phenols is 1. The van der Waals surface area contributed by atoms with Crippen LogP contribution in [0.1, 0.15) is 5.82 Å². The van der Waals surface area contributed by atoms with Gasteiger partial charge in [-0.25, -0.2) is 9.37 Å². The number of halogens is 1. The molecule has 0 unspecified atom stereocenters. The molecule has 0 radical (unpaired) electrons. The van der Waals surface area contributed by atoms with E-state index < -0.39 is 5.82 Å². The van der Waals surface area contributed by atoms with E-state index in [1.54, 1.807) is 19.1 Å². The fourth-order valence-electron chi connectivity index (χ4n) is 2.20. The molecule has 5 heteroatoms. The standard InChI is InChI=1S/C15H11FN2O2/c1-9-17-14-6-5-10(16)7-13(14)15(20)18(9)11-3-2-4-12(19)8-11/h2-8,19H,1H3.